The van der Waals surface area contributed by atoms with E-state index >= 15 is 0 Å². The second-order valence-electron chi connectivity index (χ2n) is 6.17. The molecule has 0 radical (unpaired) electrons. The first-order valence-corrected chi connectivity index (χ1v) is 7.86. The molecule has 10 nitrogen and oxygen atoms in total. The highest BCUT2D eigenvalue weighted by molar-refractivity contribution is 6.03. The highest BCUT2D eigenvalue weighted by Gasteiger charge is 2.39. The van der Waals surface area contributed by atoms with Crippen LogP contribution in [0.5, 0.6) is 0 Å². The molecule has 0 amide bonds. The third-order valence-corrected chi connectivity index (χ3v) is 4.54. The van der Waals surface area contributed by atoms with Crippen LogP contribution in [0, 0.1) is 0 Å². The third-order valence-electron chi connectivity index (χ3n) is 4.54. The number of carboxylic acids is 5. The van der Waals surface area contributed by atoms with Crippen molar-refractivity contribution < 1.29 is 49.5 Å². The number of aromatic carboxylic acids is 4. The molecule has 2 rings (SSSR count). The predicted octanol–water partition coefficient (Wildman–Crippen LogP) is 1.87. The molecule has 10 heteroatoms. The van der Waals surface area contributed by atoms with Crippen molar-refractivity contribution in [3.8, 4) is 0 Å². The third kappa shape index (κ3) is 3.63. The molecular weight excluding hydrogens is 388 g/mol. The maximum absolute atomic E-state index is 12.1. The molecule has 0 saturated heterocycles. The zero-order valence-electron chi connectivity index (χ0n) is 14.7. The summed E-state index contributed by atoms with van der Waals surface area (Å²) in [6, 6.07) is 5.85. The summed E-state index contributed by atoms with van der Waals surface area (Å²) >= 11 is 0. The Hall–Kier alpha value is -4.21. The molecule has 150 valence electrons. The van der Waals surface area contributed by atoms with Gasteiger partial charge in [-0.2, -0.15) is 0 Å². The molecule has 0 fully saturated rings. The molecular formula is C19H14O10. The quantitative estimate of drug-likeness (QED) is 0.457. The fraction of sp³-hybridized carbons (Fsp3) is 0.105. The first-order chi connectivity index (χ1) is 13.4. The van der Waals surface area contributed by atoms with Crippen LogP contribution < -0.4 is 0 Å². The van der Waals surface area contributed by atoms with Crippen molar-refractivity contribution in [1.82, 2.24) is 0 Å². The van der Waals surface area contributed by atoms with Gasteiger partial charge in [0.2, 0.25) is 0 Å². The molecule has 0 aliphatic heterocycles. The van der Waals surface area contributed by atoms with Crippen LogP contribution in [0.2, 0.25) is 0 Å². The van der Waals surface area contributed by atoms with E-state index in [1.165, 1.54) is 0 Å². The minimum absolute atomic E-state index is 0.133. The molecule has 0 heterocycles. The van der Waals surface area contributed by atoms with E-state index in [1.807, 2.05) is 0 Å². The Morgan fingerprint density at radius 2 is 0.897 bits per heavy atom. The van der Waals surface area contributed by atoms with Crippen LogP contribution in [-0.2, 0) is 10.2 Å². The largest absolute Gasteiger partial charge is 0.480 e. The number of hydrogen-bond donors (Lipinski definition) is 5. The summed E-state index contributed by atoms with van der Waals surface area (Å²) in [5, 5.41) is 46.6. The van der Waals surface area contributed by atoms with Gasteiger partial charge in [-0.25, -0.2) is 19.2 Å². The Kier molecular flexibility index (Phi) is 5.40. The smallest absolute Gasteiger partial charge is 0.336 e. The van der Waals surface area contributed by atoms with Gasteiger partial charge in [-0.3, -0.25) is 4.79 Å². The number of carbonyl (C=O) groups is 5. The molecule has 2 aromatic rings. The highest BCUT2D eigenvalue weighted by Crippen LogP contribution is 2.35. The topological polar surface area (TPSA) is 186 Å². The average Bonchev–Trinajstić information content (AvgIpc) is 2.65. The molecule has 0 unspecified atom stereocenters. The zero-order chi connectivity index (χ0) is 22.1. The van der Waals surface area contributed by atoms with Crippen LogP contribution >= 0.6 is 0 Å². The lowest BCUT2D eigenvalue weighted by Gasteiger charge is -2.27. The molecule has 0 bridgehead atoms. The van der Waals surface area contributed by atoms with Crippen LogP contribution in [0.25, 0.3) is 0 Å². The summed E-state index contributed by atoms with van der Waals surface area (Å²) in [7, 11) is 0. The SMILES string of the molecule is CC(C(=O)O)(c1ccc(C(=O)O)c(C(=O)O)c1)c1ccc(C(=O)O)c(C(=O)O)c1. The first-order valence-electron chi connectivity index (χ1n) is 7.86. The van der Waals surface area contributed by atoms with Crippen molar-refractivity contribution in [2.75, 3.05) is 0 Å². The van der Waals surface area contributed by atoms with E-state index in [2.05, 4.69) is 0 Å². The Bertz CT molecular complexity index is 991. The molecule has 2 aromatic carbocycles. The van der Waals surface area contributed by atoms with Crippen molar-refractivity contribution in [1.29, 1.82) is 0 Å². The van der Waals surface area contributed by atoms with Gasteiger partial charge in [-0.1, -0.05) is 12.1 Å². The Labute approximate surface area is 162 Å². The maximum atomic E-state index is 12.1. The van der Waals surface area contributed by atoms with Crippen molar-refractivity contribution in [3.05, 3.63) is 69.8 Å². The monoisotopic (exact) mass is 402 g/mol. The zero-order valence-corrected chi connectivity index (χ0v) is 14.7. The van der Waals surface area contributed by atoms with Crippen LogP contribution in [0.15, 0.2) is 36.4 Å². The minimum atomic E-state index is -2.00. The Morgan fingerprint density at radius 3 is 1.14 bits per heavy atom. The van der Waals surface area contributed by atoms with E-state index in [0.717, 1.165) is 43.3 Å². The number of aliphatic carboxylic acids is 1. The maximum Gasteiger partial charge on any atom is 0.336 e. The number of benzene rings is 2. The Morgan fingerprint density at radius 1 is 0.586 bits per heavy atom. The van der Waals surface area contributed by atoms with E-state index in [9.17, 15) is 39.3 Å². The van der Waals surface area contributed by atoms with E-state index in [4.69, 9.17) is 10.2 Å². The van der Waals surface area contributed by atoms with Crippen molar-refractivity contribution in [2.45, 2.75) is 12.3 Å². The molecule has 5 N–H and O–H groups in total. The van der Waals surface area contributed by atoms with Gasteiger partial charge in [0.05, 0.1) is 22.3 Å². The van der Waals surface area contributed by atoms with Gasteiger partial charge in [0.1, 0.15) is 5.41 Å². The van der Waals surface area contributed by atoms with Gasteiger partial charge in [0.15, 0.2) is 0 Å². The average molecular weight is 402 g/mol. The van der Waals surface area contributed by atoms with Gasteiger partial charge in [0, 0.05) is 0 Å². The van der Waals surface area contributed by atoms with Gasteiger partial charge in [-0.15, -0.1) is 0 Å². The predicted molar refractivity (Wildman–Crippen MR) is 94.8 cm³/mol. The molecule has 0 spiro atoms. The molecule has 0 atom stereocenters. The summed E-state index contributed by atoms with van der Waals surface area (Å²) < 4.78 is 0. The van der Waals surface area contributed by atoms with E-state index in [1.54, 1.807) is 0 Å². The highest BCUT2D eigenvalue weighted by atomic mass is 16.4. The summed E-state index contributed by atoms with van der Waals surface area (Å²) in [6.07, 6.45) is 0. The second kappa shape index (κ2) is 7.43. The van der Waals surface area contributed by atoms with Gasteiger partial charge in [-0.05, 0) is 42.3 Å². The van der Waals surface area contributed by atoms with E-state index in [-0.39, 0.29) is 11.1 Å². The van der Waals surface area contributed by atoms with Crippen molar-refractivity contribution >= 4 is 29.8 Å². The van der Waals surface area contributed by atoms with E-state index in [0.29, 0.717) is 0 Å². The molecule has 0 aromatic heterocycles. The summed E-state index contributed by atoms with van der Waals surface area (Å²) in [4.78, 5) is 57.4. The molecule has 0 aliphatic carbocycles. The standard InChI is InChI=1S/C19H14O10/c1-19(18(28)29,8-2-4-10(14(20)21)12(6-8)16(24)25)9-3-5-11(15(22)23)13(7-9)17(26)27/h2-7H,1H3,(H,20,21)(H,22,23)(H,24,25)(H,26,27)(H,28,29). The van der Waals surface area contributed by atoms with Gasteiger partial charge in [0.25, 0.3) is 0 Å². The molecule has 0 aliphatic rings. The fourth-order valence-electron chi connectivity index (χ4n) is 2.85. The molecule has 29 heavy (non-hydrogen) atoms. The number of rotatable bonds is 7. The number of hydrogen-bond acceptors (Lipinski definition) is 5. The van der Waals surface area contributed by atoms with Crippen molar-refractivity contribution in [2.24, 2.45) is 0 Å². The van der Waals surface area contributed by atoms with Crippen molar-refractivity contribution in [3.63, 3.8) is 0 Å². The van der Waals surface area contributed by atoms with Crippen LogP contribution in [0.4, 0.5) is 0 Å². The Balaban J connectivity index is 2.81. The van der Waals surface area contributed by atoms with Gasteiger partial charge < -0.3 is 25.5 Å². The minimum Gasteiger partial charge on any atom is -0.480 e. The first kappa shape index (κ1) is 21.1. The summed E-state index contributed by atoms with van der Waals surface area (Å²) in [5.41, 5.74) is -4.67. The normalized spacial score (nSPS) is 10.9. The fourth-order valence-corrected chi connectivity index (χ4v) is 2.85. The van der Waals surface area contributed by atoms with Gasteiger partial charge >= 0.3 is 29.8 Å². The lowest BCUT2D eigenvalue weighted by Crippen LogP contribution is -2.34. The number of carboxylic acid groups (broad SMARTS) is 5. The van der Waals surface area contributed by atoms with Crippen LogP contribution in [0.1, 0.15) is 59.5 Å². The summed E-state index contributed by atoms with van der Waals surface area (Å²) in [5.74, 6) is -7.72. The van der Waals surface area contributed by atoms with Crippen LogP contribution in [0.3, 0.4) is 0 Å². The second-order valence-corrected chi connectivity index (χ2v) is 6.17. The lowest BCUT2D eigenvalue weighted by atomic mass is 9.74. The van der Waals surface area contributed by atoms with E-state index < -0.39 is 57.5 Å². The van der Waals surface area contributed by atoms with Crippen LogP contribution in [-0.4, -0.2) is 55.4 Å². The lowest BCUT2D eigenvalue weighted by molar-refractivity contribution is -0.141. The molecule has 0 saturated carbocycles. The summed E-state index contributed by atoms with van der Waals surface area (Å²) in [6.45, 7) is 1.16.